The van der Waals surface area contributed by atoms with Crippen LogP contribution in [0.25, 0.3) is 0 Å². The molecule has 2 aromatic rings. The summed E-state index contributed by atoms with van der Waals surface area (Å²) in [7, 11) is 0. The first-order valence-corrected chi connectivity index (χ1v) is 8.13. The van der Waals surface area contributed by atoms with Gasteiger partial charge in [-0.1, -0.05) is 61.7 Å². The third-order valence-electron chi connectivity index (χ3n) is 3.17. The second-order valence-electron chi connectivity index (χ2n) is 4.68. The van der Waals surface area contributed by atoms with Crippen molar-refractivity contribution < 1.29 is 0 Å². The molecule has 106 valence electrons. The van der Waals surface area contributed by atoms with E-state index in [0.717, 1.165) is 37.1 Å². The second-order valence-corrected chi connectivity index (χ2v) is 6.86. The minimum atomic E-state index is -0.00215. The van der Waals surface area contributed by atoms with Gasteiger partial charge >= 0.3 is 0 Å². The van der Waals surface area contributed by atoms with Crippen LogP contribution in [0.1, 0.15) is 22.7 Å². The van der Waals surface area contributed by atoms with Gasteiger partial charge in [0.1, 0.15) is 0 Å². The Bertz CT molecular complexity index is 617. The largest absolute Gasteiger partial charge is 0.271 e. The zero-order chi connectivity index (χ0) is 14.7. The average Bonchev–Trinajstić information content (AvgIpc) is 2.39. The van der Waals surface area contributed by atoms with E-state index in [1.807, 2.05) is 31.2 Å². The van der Waals surface area contributed by atoms with Crippen LogP contribution in [0.15, 0.2) is 45.3 Å². The van der Waals surface area contributed by atoms with Gasteiger partial charge in [-0.25, -0.2) is 0 Å². The molecule has 0 aliphatic heterocycles. The van der Waals surface area contributed by atoms with Crippen LogP contribution in [0, 0.1) is 6.92 Å². The molecular formula is C15H15Br2ClN2. The molecule has 5 heteroatoms. The molecule has 0 fully saturated rings. The van der Waals surface area contributed by atoms with E-state index < -0.39 is 0 Å². The zero-order valence-electron chi connectivity index (χ0n) is 11.0. The summed E-state index contributed by atoms with van der Waals surface area (Å²) in [5.74, 6) is 5.71. The predicted octanol–water partition coefficient (Wildman–Crippen LogP) is 4.92. The highest BCUT2D eigenvalue weighted by Gasteiger charge is 2.15. The van der Waals surface area contributed by atoms with E-state index in [4.69, 9.17) is 17.4 Å². The number of hydrogen-bond acceptors (Lipinski definition) is 2. The van der Waals surface area contributed by atoms with Gasteiger partial charge in [0.05, 0.1) is 6.04 Å². The fourth-order valence-corrected chi connectivity index (χ4v) is 3.72. The average molecular weight is 419 g/mol. The molecule has 2 aromatic carbocycles. The van der Waals surface area contributed by atoms with Crippen molar-refractivity contribution in [3.63, 3.8) is 0 Å². The number of nitrogens with two attached hydrogens (primary N) is 1. The summed E-state index contributed by atoms with van der Waals surface area (Å²) < 4.78 is 2.04. The van der Waals surface area contributed by atoms with Gasteiger partial charge in [-0.2, -0.15) is 0 Å². The topological polar surface area (TPSA) is 38.0 Å². The minimum Gasteiger partial charge on any atom is -0.271 e. The summed E-state index contributed by atoms with van der Waals surface area (Å²) in [6, 6.07) is 12.1. The molecule has 20 heavy (non-hydrogen) atoms. The van der Waals surface area contributed by atoms with Crippen molar-refractivity contribution in [2.75, 3.05) is 0 Å². The third-order valence-corrected chi connectivity index (χ3v) is 4.70. The predicted molar refractivity (Wildman–Crippen MR) is 91.8 cm³/mol. The van der Waals surface area contributed by atoms with Crippen molar-refractivity contribution in [3.05, 3.63) is 67.1 Å². The number of aryl methyl sites for hydroxylation is 1. The van der Waals surface area contributed by atoms with E-state index in [1.54, 1.807) is 0 Å². The number of rotatable bonds is 4. The Labute approximate surface area is 140 Å². The summed E-state index contributed by atoms with van der Waals surface area (Å²) >= 11 is 13.3. The smallest absolute Gasteiger partial charge is 0.0512 e. The van der Waals surface area contributed by atoms with Crippen LogP contribution in [0.3, 0.4) is 0 Å². The Morgan fingerprint density at radius 2 is 1.95 bits per heavy atom. The SMILES string of the molecule is Cc1ccc(CC(NN)c2ccc(Br)cc2Br)c(Cl)c1. The van der Waals surface area contributed by atoms with Gasteiger partial charge in [0.15, 0.2) is 0 Å². The van der Waals surface area contributed by atoms with Gasteiger partial charge < -0.3 is 0 Å². The Morgan fingerprint density at radius 3 is 2.55 bits per heavy atom. The van der Waals surface area contributed by atoms with Crippen LogP contribution >= 0.6 is 43.5 Å². The maximum Gasteiger partial charge on any atom is 0.0512 e. The maximum atomic E-state index is 6.30. The monoisotopic (exact) mass is 416 g/mol. The number of hydrazine groups is 1. The van der Waals surface area contributed by atoms with Crippen molar-refractivity contribution in [1.29, 1.82) is 0 Å². The highest BCUT2D eigenvalue weighted by molar-refractivity contribution is 9.11. The van der Waals surface area contributed by atoms with Gasteiger partial charge in [-0.3, -0.25) is 11.3 Å². The standard InChI is InChI=1S/C15H15Br2ClN2/c1-9-2-3-10(14(18)6-9)7-15(20-19)12-5-4-11(16)8-13(12)17/h2-6,8,15,20H,7,19H2,1H3. The molecule has 0 amide bonds. The fraction of sp³-hybridized carbons (Fsp3) is 0.200. The van der Waals surface area contributed by atoms with Crippen LogP contribution < -0.4 is 11.3 Å². The molecule has 0 aliphatic carbocycles. The van der Waals surface area contributed by atoms with Crippen molar-refractivity contribution in [1.82, 2.24) is 5.43 Å². The van der Waals surface area contributed by atoms with Crippen molar-refractivity contribution in [3.8, 4) is 0 Å². The van der Waals surface area contributed by atoms with E-state index in [0.29, 0.717) is 0 Å². The van der Waals surface area contributed by atoms with E-state index >= 15 is 0 Å². The summed E-state index contributed by atoms with van der Waals surface area (Å²) in [5, 5.41) is 0.776. The van der Waals surface area contributed by atoms with Crippen molar-refractivity contribution in [2.24, 2.45) is 5.84 Å². The zero-order valence-corrected chi connectivity index (χ0v) is 14.9. The van der Waals surface area contributed by atoms with E-state index in [2.05, 4.69) is 49.4 Å². The number of hydrogen-bond donors (Lipinski definition) is 2. The molecule has 2 nitrogen and oxygen atoms in total. The third kappa shape index (κ3) is 3.83. The first-order chi connectivity index (χ1) is 9.51. The first kappa shape index (κ1) is 16.0. The Morgan fingerprint density at radius 1 is 1.20 bits per heavy atom. The number of nitrogens with one attached hydrogen (secondary N) is 1. The summed E-state index contributed by atoms with van der Waals surface area (Å²) in [5.41, 5.74) is 6.20. The maximum absolute atomic E-state index is 6.30. The lowest BCUT2D eigenvalue weighted by atomic mass is 9.99. The Hall–Kier alpha value is -0.390. The molecule has 0 saturated carbocycles. The summed E-state index contributed by atoms with van der Waals surface area (Å²) in [6.45, 7) is 2.03. The lowest BCUT2D eigenvalue weighted by Crippen LogP contribution is -2.30. The minimum absolute atomic E-state index is 0.00215. The molecule has 0 radical (unpaired) electrons. The van der Waals surface area contributed by atoms with Crippen molar-refractivity contribution >= 4 is 43.5 Å². The normalized spacial score (nSPS) is 12.4. The van der Waals surface area contributed by atoms with Crippen LogP contribution in [-0.4, -0.2) is 0 Å². The number of halogens is 3. The number of benzene rings is 2. The molecule has 1 unspecified atom stereocenters. The van der Waals surface area contributed by atoms with Gasteiger partial charge in [-0.05, 0) is 48.2 Å². The van der Waals surface area contributed by atoms with Crippen LogP contribution in [0.2, 0.25) is 5.02 Å². The Balaban J connectivity index is 2.28. The van der Waals surface area contributed by atoms with Gasteiger partial charge in [0.25, 0.3) is 0 Å². The molecule has 3 N–H and O–H groups in total. The molecule has 0 saturated heterocycles. The summed E-state index contributed by atoms with van der Waals surface area (Å²) in [4.78, 5) is 0. The van der Waals surface area contributed by atoms with E-state index in [9.17, 15) is 0 Å². The molecule has 2 rings (SSSR count). The summed E-state index contributed by atoms with van der Waals surface area (Å²) in [6.07, 6.45) is 0.732. The second kappa shape index (κ2) is 7.05. The molecular weight excluding hydrogens is 403 g/mol. The molecule has 0 aliphatic rings. The van der Waals surface area contributed by atoms with Crippen LogP contribution in [0.5, 0.6) is 0 Å². The quantitative estimate of drug-likeness (QED) is 0.546. The van der Waals surface area contributed by atoms with Crippen LogP contribution in [0.4, 0.5) is 0 Å². The van der Waals surface area contributed by atoms with Crippen molar-refractivity contribution in [2.45, 2.75) is 19.4 Å². The Kier molecular flexibility index (Phi) is 5.64. The fourth-order valence-electron chi connectivity index (χ4n) is 2.08. The van der Waals surface area contributed by atoms with Gasteiger partial charge in [0, 0.05) is 14.0 Å². The molecule has 0 aromatic heterocycles. The van der Waals surface area contributed by atoms with Gasteiger partial charge in [0.2, 0.25) is 0 Å². The lowest BCUT2D eigenvalue weighted by molar-refractivity contribution is 0.550. The lowest BCUT2D eigenvalue weighted by Gasteiger charge is -2.19. The molecule has 0 heterocycles. The molecule has 0 bridgehead atoms. The van der Waals surface area contributed by atoms with E-state index in [1.165, 1.54) is 0 Å². The highest BCUT2D eigenvalue weighted by atomic mass is 79.9. The van der Waals surface area contributed by atoms with E-state index in [-0.39, 0.29) is 6.04 Å². The molecule has 0 spiro atoms. The van der Waals surface area contributed by atoms with Gasteiger partial charge in [-0.15, -0.1) is 0 Å². The van der Waals surface area contributed by atoms with Crippen LogP contribution in [-0.2, 0) is 6.42 Å². The molecule has 1 atom stereocenters. The first-order valence-electron chi connectivity index (χ1n) is 6.17. The highest BCUT2D eigenvalue weighted by Crippen LogP contribution is 2.30.